The normalized spacial score (nSPS) is 11.2. The quantitative estimate of drug-likeness (QED) is 0.735. The van der Waals surface area contributed by atoms with Gasteiger partial charge < -0.3 is 10.6 Å². The maximum absolute atomic E-state index is 12.7. The molecule has 134 valence electrons. The molecule has 5 nitrogen and oxygen atoms in total. The fourth-order valence-corrected chi connectivity index (χ4v) is 2.12. The van der Waals surface area contributed by atoms with Gasteiger partial charge in [0.2, 0.25) is 5.95 Å². The Morgan fingerprint density at radius 3 is 2.72 bits per heavy atom. The van der Waals surface area contributed by atoms with Crippen molar-refractivity contribution in [3.05, 3.63) is 47.8 Å². The summed E-state index contributed by atoms with van der Waals surface area (Å²) in [6, 6.07) is 6.14. The van der Waals surface area contributed by atoms with E-state index < -0.39 is 11.7 Å². The van der Waals surface area contributed by atoms with Gasteiger partial charge in [-0.15, -0.1) is 0 Å². The van der Waals surface area contributed by atoms with Crippen LogP contribution in [0.25, 0.3) is 0 Å². The van der Waals surface area contributed by atoms with Crippen molar-refractivity contribution in [1.29, 1.82) is 0 Å². The molecule has 1 heterocycles. The van der Waals surface area contributed by atoms with Gasteiger partial charge in [0, 0.05) is 18.4 Å². The molecule has 2 N–H and O–H groups in total. The number of hydrogen-bond acceptors (Lipinski definition) is 4. The first-order valence-corrected chi connectivity index (χ1v) is 7.95. The van der Waals surface area contributed by atoms with Gasteiger partial charge in [-0.05, 0) is 30.7 Å². The van der Waals surface area contributed by atoms with Gasteiger partial charge in [-0.25, -0.2) is 9.97 Å². The Morgan fingerprint density at radius 1 is 1.20 bits per heavy atom. The highest BCUT2D eigenvalue weighted by Crippen LogP contribution is 2.31. The molecule has 1 amide bonds. The molecule has 0 aliphatic rings. The smallest absolute Gasteiger partial charge is 0.351 e. The van der Waals surface area contributed by atoms with Crippen LogP contribution in [0.1, 0.15) is 42.2 Å². The van der Waals surface area contributed by atoms with Crippen LogP contribution in [0.5, 0.6) is 0 Å². The molecule has 0 bridgehead atoms. The Balaban J connectivity index is 2.05. The third-order valence-corrected chi connectivity index (χ3v) is 3.40. The summed E-state index contributed by atoms with van der Waals surface area (Å²) in [5, 5.41) is 5.43. The number of amides is 1. The zero-order valence-electron chi connectivity index (χ0n) is 13.7. The van der Waals surface area contributed by atoms with Gasteiger partial charge in [0.05, 0.1) is 5.56 Å². The minimum absolute atomic E-state index is 0.0560. The molecule has 8 heteroatoms. The molecule has 1 aromatic heterocycles. The zero-order chi connectivity index (χ0) is 18.3. The van der Waals surface area contributed by atoms with Crippen molar-refractivity contribution in [3.63, 3.8) is 0 Å². The van der Waals surface area contributed by atoms with E-state index in [0.717, 1.165) is 31.4 Å². The van der Waals surface area contributed by atoms with Gasteiger partial charge in [-0.2, -0.15) is 13.2 Å². The molecule has 1 aromatic carbocycles. The number of benzene rings is 1. The van der Waals surface area contributed by atoms with Gasteiger partial charge >= 0.3 is 6.18 Å². The Kier molecular flexibility index (Phi) is 6.32. The van der Waals surface area contributed by atoms with E-state index in [1.165, 1.54) is 24.4 Å². The van der Waals surface area contributed by atoms with Crippen LogP contribution in [-0.4, -0.2) is 22.4 Å². The molecule has 0 atom stereocenters. The molecule has 0 unspecified atom stereocenters. The topological polar surface area (TPSA) is 66.9 Å². The van der Waals surface area contributed by atoms with E-state index in [9.17, 15) is 18.0 Å². The molecular formula is C17H19F3N4O. The number of nitrogens with one attached hydrogen (secondary N) is 2. The van der Waals surface area contributed by atoms with Crippen molar-refractivity contribution in [3.8, 4) is 0 Å². The number of aromatic nitrogens is 2. The molecule has 25 heavy (non-hydrogen) atoms. The Bertz CT molecular complexity index is 719. The predicted octanol–water partition coefficient (Wildman–Crippen LogP) is 4.16. The predicted molar refractivity (Wildman–Crippen MR) is 88.6 cm³/mol. The maximum Gasteiger partial charge on any atom is 0.416 e. The summed E-state index contributed by atoms with van der Waals surface area (Å²) in [4.78, 5) is 20.0. The minimum Gasteiger partial charge on any atom is -0.351 e. The fourth-order valence-electron chi connectivity index (χ4n) is 2.12. The second-order valence-electron chi connectivity index (χ2n) is 5.43. The average molecular weight is 352 g/mol. The van der Waals surface area contributed by atoms with Crippen LogP contribution in [0, 0.1) is 0 Å². The first-order chi connectivity index (χ1) is 11.9. The fraction of sp³-hybridized carbons (Fsp3) is 0.353. The Hall–Kier alpha value is -2.64. The molecular weight excluding hydrogens is 333 g/mol. The van der Waals surface area contributed by atoms with E-state index in [0.29, 0.717) is 6.54 Å². The van der Waals surface area contributed by atoms with Crippen molar-refractivity contribution in [1.82, 2.24) is 15.3 Å². The third kappa shape index (κ3) is 5.74. The summed E-state index contributed by atoms with van der Waals surface area (Å²) in [6.45, 7) is 2.62. The Morgan fingerprint density at radius 2 is 2.00 bits per heavy atom. The highest BCUT2D eigenvalue weighted by Gasteiger charge is 2.30. The molecule has 0 saturated carbocycles. The molecule has 2 aromatic rings. The summed E-state index contributed by atoms with van der Waals surface area (Å²) >= 11 is 0. The van der Waals surface area contributed by atoms with Gasteiger partial charge in [0.25, 0.3) is 5.91 Å². The number of hydrogen-bond donors (Lipinski definition) is 2. The summed E-state index contributed by atoms with van der Waals surface area (Å²) in [5.74, 6) is -0.286. The van der Waals surface area contributed by atoms with Crippen LogP contribution >= 0.6 is 0 Å². The van der Waals surface area contributed by atoms with Crippen molar-refractivity contribution in [2.45, 2.75) is 32.4 Å². The Labute approximate surface area is 143 Å². The molecule has 0 saturated heterocycles. The van der Waals surface area contributed by atoms with E-state index in [-0.39, 0.29) is 23.2 Å². The van der Waals surface area contributed by atoms with Crippen molar-refractivity contribution in [2.75, 3.05) is 11.9 Å². The van der Waals surface area contributed by atoms with E-state index >= 15 is 0 Å². The lowest BCUT2D eigenvalue weighted by atomic mass is 10.2. The van der Waals surface area contributed by atoms with Gasteiger partial charge in [0.15, 0.2) is 0 Å². The van der Waals surface area contributed by atoms with Crippen molar-refractivity contribution < 1.29 is 18.0 Å². The van der Waals surface area contributed by atoms with E-state index in [1.54, 1.807) is 0 Å². The molecule has 0 spiro atoms. The van der Waals surface area contributed by atoms with Crippen LogP contribution in [-0.2, 0) is 6.18 Å². The molecule has 0 fully saturated rings. The summed E-state index contributed by atoms with van der Waals surface area (Å²) < 4.78 is 38.2. The largest absolute Gasteiger partial charge is 0.416 e. The van der Waals surface area contributed by atoms with Crippen LogP contribution in [0.4, 0.5) is 24.8 Å². The lowest BCUT2D eigenvalue weighted by molar-refractivity contribution is -0.137. The first kappa shape index (κ1) is 18.7. The number of carbonyl (C=O) groups is 1. The van der Waals surface area contributed by atoms with Crippen molar-refractivity contribution >= 4 is 17.5 Å². The monoisotopic (exact) mass is 352 g/mol. The van der Waals surface area contributed by atoms with Crippen LogP contribution < -0.4 is 10.6 Å². The lowest BCUT2D eigenvalue weighted by Crippen LogP contribution is -2.25. The van der Waals surface area contributed by atoms with Crippen LogP contribution in [0.2, 0.25) is 0 Å². The SMILES string of the molecule is CCCCCNC(=O)c1ccnc(Nc2cccc(C(F)(F)F)c2)n1. The zero-order valence-corrected chi connectivity index (χ0v) is 13.7. The summed E-state index contributed by atoms with van der Waals surface area (Å²) in [6.07, 6.45) is -0.105. The molecule has 0 aliphatic carbocycles. The van der Waals surface area contributed by atoms with Gasteiger partial charge in [0.1, 0.15) is 5.69 Å². The standard InChI is InChI=1S/C17H19F3N4O/c1-2-3-4-9-21-15(25)14-8-10-22-16(24-14)23-13-7-5-6-12(11-13)17(18,19)20/h5-8,10-11H,2-4,9H2,1H3,(H,21,25)(H,22,23,24). The second-order valence-corrected chi connectivity index (χ2v) is 5.43. The van der Waals surface area contributed by atoms with Crippen molar-refractivity contribution in [2.24, 2.45) is 0 Å². The van der Waals surface area contributed by atoms with Crippen LogP contribution in [0.3, 0.4) is 0 Å². The second kappa shape index (κ2) is 8.46. The van der Waals surface area contributed by atoms with Crippen LogP contribution in [0.15, 0.2) is 36.5 Å². The third-order valence-electron chi connectivity index (χ3n) is 3.40. The number of nitrogens with zero attached hydrogens (tertiary/aromatic N) is 2. The first-order valence-electron chi connectivity index (χ1n) is 7.95. The van der Waals surface area contributed by atoms with E-state index in [1.807, 2.05) is 0 Å². The van der Waals surface area contributed by atoms with Gasteiger partial charge in [-0.3, -0.25) is 4.79 Å². The molecule has 0 aliphatic heterocycles. The number of halogens is 3. The number of alkyl halides is 3. The summed E-state index contributed by atoms with van der Waals surface area (Å²) in [5.41, 5.74) is -0.432. The minimum atomic E-state index is -4.43. The highest BCUT2D eigenvalue weighted by atomic mass is 19.4. The number of rotatable bonds is 7. The average Bonchev–Trinajstić information content (AvgIpc) is 2.58. The number of anilines is 2. The lowest BCUT2D eigenvalue weighted by Gasteiger charge is -2.10. The summed E-state index contributed by atoms with van der Waals surface area (Å²) in [7, 11) is 0. The number of unbranched alkanes of at least 4 members (excludes halogenated alkanes) is 2. The molecule has 2 rings (SSSR count). The van der Waals surface area contributed by atoms with E-state index in [4.69, 9.17) is 0 Å². The molecule has 0 radical (unpaired) electrons. The van der Waals surface area contributed by atoms with E-state index in [2.05, 4.69) is 27.5 Å². The van der Waals surface area contributed by atoms with Gasteiger partial charge in [-0.1, -0.05) is 25.8 Å². The number of carbonyl (C=O) groups excluding carboxylic acids is 1. The highest BCUT2D eigenvalue weighted by molar-refractivity contribution is 5.92. The maximum atomic E-state index is 12.7.